The van der Waals surface area contributed by atoms with Crippen LogP contribution in [-0.2, 0) is 10.8 Å². The van der Waals surface area contributed by atoms with Crippen LogP contribution in [-0.4, -0.2) is 5.11 Å². The summed E-state index contributed by atoms with van der Waals surface area (Å²) in [6, 6.07) is 3.51. The molecule has 0 unspecified atom stereocenters. The quantitative estimate of drug-likeness (QED) is 0.695. The number of aromatic hydroxyl groups is 1. The maximum absolute atomic E-state index is 10.1. The molecule has 0 fully saturated rings. The highest BCUT2D eigenvalue weighted by atomic mass is 16.3. The van der Waals surface area contributed by atoms with Crippen LogP contribution in [0.4, 0.5) is 0 Å². The second-order valence-corrected chi connectivity index (χ2v) is 6.06. The van der Waals surface area contributed by atoms with E-state index in [-0.39, 0.29) is 11.2 Å². The van der Waals surface area contributed by atoms with Gasteiger partial charge in [-0.1, -0.05) is 47.5 Å². The van der Waals surface area contributed by atoms with Gasteiger partial charge >= 0.3 is 0 Å². The van der Waals surface area contributed by atoms with Crippen molar-refractivity contribution in [1.82, 2.24) is 0 Å². The molecule has 0 aromatic heterocycles. The van der Waals surface area contributed by atoms with Gasteiger partial charge in [-0.25, -0.2) is 0 Å². The molecule has 16 heavy (non-hydrogen) atoms. The van der Waals surface area contributed by atoms with Crippen molar-refractivity contribution >= 4 is 0 Å². The molecule has 1 N–H and O–H groups in total. The van der Waals surface area contributed by atoms with Crippen molar-refractivity contribution in [2.75, 3.05) is 0 Å². The van der Waals surface area contributed by atoms with Gasteiger partial charge in [0, 0.05) is 4.11 Å². The molecule has 0 aliphatic heterocycles. The molecule has 0 spiro atoms. The van der Waals surface area contributed by atoms with Crippen LogP contribution in [0.15, 0.2) is 12.1 Å². The Labute approximate surface area is 104 Å². The SMILES string of the molecule is [2H]C([2H])([2H])C(C)(C)c1cc(C(C)(C)C)c(C)cc1O. The Morgan fingerprint density at radius 3 is 2.00 bits per heavy atom. The zero-order chi connectivity index (χ0) is 15.2. The van der Waals surface area contributed by atoms with Gasteiger partial charge in [-0.15, -0.1) is 0 Å². The average Bonchev–Trinajstić information content (AvgIpc) is 2.12. The third kappa shape index (κ3) is 2.58. The molecular weight excluding hydrogens is 196 g/mol. The van der Waals surface area contributed by atoms with Crippen LogP contribution >= 0.6 is 0 Å². The van der Waals surface area contributed by atoms with E-state index in [1.807, 2.05) is 13.0 Å². The lowest BCUT2D eigenvalue weighted by Gasteiger charge is -2.27. The molecule has 0 saturated heterocycles. The van der Waals surface area contributed by atoms with Crippen molar-refractivity contribution in [2.45, 2.75) is 59.2 Å². The van der Waals surface area contributed by atoms with Crippen LogP contribution in [0.25, 0.3) is 0 Å². The van der Waals surface area contributed by atoms with E-state index in [4.69, 9.17) is 4.11 Å². The zero-order valence-corrected chi connectivity index (χ0v) is 11.1. The summed E-state index contributed by atoms with van der Waals surface area (Å²) in [5.74, 6) is 0.0617. The molecular formula is C15H24O. The fourth-order valence-electron chi connectivity index (χ4n) is 2.00. The summed E-state index contributed by atoms with van der Waals surface area (Å²) in [6.07, 6.45) is 0. The van der Waals surface area contributed by atoms with Crippen molar-refractivity contribution < 1.29 is 9.22 Å². The van der Waals surface area contributed by atoms with Crippen molar-refractivity contribution in [1.29, 1.82) is 0 Å². The zero-order valence-electron chi connectivity index (χ0n) is 14.1. The van der Waals surface area contributed by atoms with E-state index in [2.05, 4.69) is 20.8 Å². The number of aryl methyl sites for hydroxylation is 1. The third-order valence-corrected chi connectivity index (χ3v) is 2.82. The summed E-state index contributed by atoms with van der Waals surface area (Å²) in [6.45, 7) is 9.32. The first kappa shape index (κ1) is 9.09. The maximum atomic E-state index is 10.1. The van der Waals surface area contributed by atoms with Crippen LogP contribution in [0.3, 0.4) is 0 Å². The summed E-state index contributed by atoms with van der Waals surface area (Å²) < 4.78 is 23.0. The third-order valence-electron chi connectivity index (χ3n) is 2.82. The predicted octanol–water partition coefficient (Wildman–Crippen LogP) is 4.30. The molecule has 90 valence electrons. The van der Waals surface area contributed by atoms with Crippen molar-refractivity contribution in [2.24, 2.45) is 0 Å². The van der Waals surface area contributed by atoms with E-state index in [0.29, 0.717) is 5.56 Å². The minimum absolute atomic E-state index is 0.0617. The Balaban J connectivity index is 3.55. The topological polar surface area (TPSA) is 20.2 Å². The van der Waals surface area contributed by atoms with Gasteiger partial charge in [-0.05, 0) is 40.5 Å². The molecule has 0 heterocycles. The van der Waals surface area contributed by atoms with Gasteiger partial charge in [0.05, 0.1) is 0 Å². The number of hydrogen-bond donors (Lipinski definition) is 1. The Morgan fingerprint density at radius 1 is 1.00 bits per heavy atom. The Hall–Kier alpha value is -0.980. The maximum Gasteiger partial charge on any atom is 0.119 e. The van der Waals surface area contributed by atoms with Gasteiger partial charge in [-0.3, -0.25) is 0 Å². The molecule has 1 heteroatoms. The number of phenols is 1. The van der Waals surface area contributed by atoms with Crippen molar-refractivity contribution in [3.05, 3.63) is 28.8 Å². The lowest BCUT2D eigenvalue weighted by Crippen LogP contribution is -2.17. The molecule has 1 aromatic carbocycles. The van der Waals surface area contributed by atoms with Gasteiger partial charge in [0.15, 0.2) is 0 Å². The molecule has 0 saturated carbocycles. The first-order valence-corrected chi connectivity index (χ1v) is 5.63. The van der Waals surface area contributed by atoms with Gasteiger partial charge in [0.1, 0.15) is 5.75 Å². The van der Waals surface area contributed by atoms with E-state index in [1.165, 1.54) is 0 Å². The standard InChI is InChI=1S/C15H24O/c1-10-8-13(16)12(15(5,6)7)9-11(10)14(2,3)4/h8-9,16H,1-7H3/i5D3. The second kappa shape index (κ2) is 3.80. The second-order valence-electron chi connectivity index (χ2n) is 6.06. The first-order chi connectivity index (χ1) is 8.28. The Bertz CT molecular complexity index is 479. The molecule has 1 rings (SSSR count). The average molecular weight is 223 g/mol. The van der Waals surface area contributed by atoms with Gasteiger partial charge < -0.3 is 5.11 Å². The smallest absolute Gasteiger partial charge is 0.119 e. The van der Waals surface area contributed by atoms with Gasteiger partial charge in [-0.2, -0.15) is 0 Å². The Kier molecular flexibility index (Phi) is 2.16. The first-order valence-electron chi connectivity index (χ1n) is 7.13. The summed E-state index contributed by atoms with van der Waals surface area (Å²) in [5.41, 5.74) is 1.37. The molecule has 0 aliphatic carbocycles. The van der Waals surface area contributed by atoms with E-state index >= 15 is 0 Å². The number of rotatable bonds is 0. The molecule has 0 radical (unpaired) electrons. The Morgan fingerprint density at radius 2 is 1.56 bits per heavy atom. The summed E-state index contributed by atoms with van der Waals surface area (Å²) in [7, 11) is 0. The van der Waals surface area contributed by atoms with E-state index in [0.717, 1.165) is 11.1 Å². The highest BCUT2D eigenvalue weighted by Crippen LogP contribution is 2.36. The minimum Gasteiger partial charge on any atom is -0.508 e. The highest BCUT2D eigenvalue weighted by Gasteiger charge is 2.23. The van der Waals surface area contributed by atoms with Crippen LogP contribution < -0.4 is 0 Å². The number of hydrogen-bond acceptors (Lipinski definition) is 1. The lowest BCUT2D eigenvalue weighted by atomic mass is 9.78. The minimum atomic E-state index is -2.16. The summed E-state index contributed by atoms with van der Waals surface area (Å²) >= 11 is 0. The van der Waals surface area contributed by atoms with Gasteiger partial charge in [0.25, 0.3) is 0 Å². The molecule has 0 aliphatic rings. The number of benzene rings is 1. The van der Waals surface area contributed by atoms with E-state index in [9.17, 15) is 5.11 Å². The van der Waals surface area contributed by atoms with Crippen LogP contribution in [0.2, 0.25) is 0 Å². The molecule has 1 nitrogen and oxygen atoms in total. The fourth-order valence-corrected chi connectivity index (χ4v) is 2.00. The largest absolute Gasteiger partial charge is 0.508 e. The molecule has 0 bridgehead atoms. The summed E-state index contributed by atoms with van der Waals surface area (Å²) in [4.78, 5) is 0. The van der Waals surface area contributed by atoms with Gasteiger partial charge in [0.2, 0.25) is 0 Å². The van der Waals surface area contributed by atoms with Crippen molar-refractivity contribution in [3.63, 3.8) is 0 Å². The van der Waals surface area contributed by atoms with E-state index < -0.39 is 12.3 Å². The van der Waals surface area contributed by atoms with Crippen LogP contribution in [0.5, 0.6) is 5.75 Å². The van der Waals surface area contributed by atoms with Crippen LogP contribution in [0.1, 0.15) is 62.3 Å². The number of phenolic OH excluding ortho intramolecular Hbond substituents is 1. The molecule has 0 atom stereocenters. The van der Waals surface area contributed by atoms with Crippen LogP contribution in [0, 0.1) is 6.92 Å². The van der Waals surface area contributed by atoms with E-state index in [1.54, 1.807) is 19.9 Å². The predicted molar refractivity (Wildman–Crippen MR) is 70.2 cm³/mol. The molecule has 0 amide bonds. The molecule has 1 aromatic rings. The highest BCUT2D eigenvalue weighted by molar-refractivity contribution is 5.46. The lowest BCUT2D eigenvalue weighted by molar-refractivity contribution is 0.444. The summed E-state index contributed by atoms with van der Waals surface area (Å²) in [5, 5.41) is 10.1. The van der Waals surface area contributed by atoms with Crippen molar-refractivity contribution in [3.8, 4) is 5.75 Å². The fraction of sp³-hybridized carbons (Fsp3) is 0.600. The normalized spacial score (nSPS) is 16.5. The monoisotopic (exact) mass is 223 g/mol.